The van der Waals surface area contributed by atoms with Crippen molar-refractivity contribution in [1.82, 2.24) is 14.9 Å². The SMILES string of the molecule is CCn1c(C)nc2sc(C(=O)NC(C)(C)C(=O)O)c(C)c2c1=O. The molecule has 0 aliphatic carbocycles. The van der Waals surface area contributed by atoms with Crippen molar-refractivity contribution in [2.45, 2.75) is 46.7 Å². The molecular formula is C15H19N3O4S. The minimum absolute atomic E-state index is 0.180. The van der Waals surface area contributed by atoms with Gasteiger partial charge in [0.05, 0.1) is 10.3 Å². The van der Waals surface area contributed by atoms with Crippen molar-refractivity contribution in [3.63, 3.8) is 0 Å². The first kappa shape index (κ1) is 17.1. The van der Waals surface area contributed by atoms with Gasteiger partial charge in [0.15, 0.2) is 0 Å². The number of nitrogens with one attached hydrogen (secondary N) is 1. The van der Waals surface area contributed by atoms with Gasteiger partial charge in [-0.25, -0.2) is 9.78 Å². The summed E-state index contributed by atoms with van der Waals surface area (Å²) in [5.41, 5.74) is -1.05. The molecule has 0 aliphatic heterocycles. The first-order valence-corrected chi connectivity index (χ1v) is 7.98. The number of amides is 1. The number of fused-ring (bicyclic) bond motifs is 1. The lowest BCUT2D eigenvalue weighted by Crippen LogP contribution is -2.49. The lowest BCUT2D eigenvalue weighted by molar-refractivity contribution is -0.143. The van der Waals surface area contributed by atoms with E-state index in [2.05, 4.69) is 10.3 Å². The molecule has 0 fully saturated rings. The quantitative estimate of drug-likeness (QED) is 0.884. The summed E-state index contributed by atoms with van der Waals surface area (Å²) in [6.07, 6.45) is 0. The fourth-order valence-electron chi connectivity index (χ4n) is 2.30. The number of aromatic nitrogens is 2. The highest BCUT2D eigenvalue weighted by molar-refractivity contribution is 7.20. The molecule has 0 unspecified atom stereocenters. The molecule has 0 aromatic carbocycles. The second kappa shape index (κ2) is 5.77. The van der Waals surface area contributed by atoms with Crippen LogP contribution in [-0.2, 0) is 11.3 Å². The van der Waals surface area contributed by atoms with Crippen LogP contribution in [0.15, 0.2) is 4.79 Å². The van der Waals surface area contributed by atoms with Gasteiger partial charge >= 0.3 is 5.97 Å². The van der Waals surface area contributed by atoms with Gasteiger partial charge in [0, 0.05) is 6.54 Å². The largest absolute Gasteiger partial charge is 0.480 e. The van der Waals surface area contributed by atoms with E-state index in [9.17, 15) is 14.4 Å². The number of nitrogens with zero attached hydrogens (tertiary/aromatic N) is 2. The highest BCUT2D eigenvalue weighted by Gasteiger charge is 2.31. The lowest BCUT2D eigenvalue weighted by atomic mass is 10.1. The Bertz CT molecular complexity index is 864. The molecule has 8 heteroatoms. The molecule has 0 saturated heterocycles. The minimum atomic E-state index is -1.40. The predicted molar refractivity (Wildman–Crippen MR) is 88.2 cm³/mol. The topological polar surface area (TPSA) is 101 Å². The van der Waals surface area contributed by atoms with Crippen molar-refractivity contribution in [2.24, 2.45) is 0 Å². The van der Waals surface area contributed by atoms with Crippen molar-refractivity contribution >= 4 is 33.4 Å². The number of hydrogen-bond donors (Lipinski definition) is 2. The second-order valence-electron chi connectivity index (χ2n) is 5.83. The normalized spacial score (nSPS) is 11.7. The second-order valence-corrected chi connectivity index (χ2v) is 6.83. The molecular weight excluding hydrogens is 318 g/mol. The maximum atomic E-state index is 12.5. The third-order valence-corrected chi connectivity index (χ3v) is 4.91. The number of carbonyl (C=O) groups excluding carboxylic acids is 1. The number of aryl methyl sites for hydroxylation is 2. The van der Waals surface area contributed by atoms with Gasteiger partial charge in [0.25, 0.3) is 11.5 Å². The van der Waals surface area contributed by atoms with Crippen LogP contribution in [0, 0.1) is 13.8 Å². The van der Waals surface area contributed by atoms with Gasteiger partial charge in [-0.3, -0.25) is 14.2 Å². The van der Waals surface area contributed by atoms with Crippen LogP contribution in [0.4, 0.5) is 0 Å². The minimum Gasteiger partial charge on any atom is -0.480 e. The fourth-order valence-corrected chi connectivity index (χ4v) is 3.41. The lowest BCUT2D eigenvalue weighted by Gasteiger charge is -2.20. The van der Waals surface area contributed by atoms with E-state index in [-0.39, 0.29) is 5.56 Å². The Hall–Kier alpha value is -2.22. The Kier molecular flexibility index (Phi) is 4.30. The van der Waals surface area contributed by atoms with Crippen molar-refractivity contribution in [1.29, 1.82) is 0 Å². The van der Waals surface area contributed by atoms with Crippen molar-refractivity contribution in [2.75, 3.05) is 0 Å². The molecule has 0 atom stereocenters. The van der Waals surface area contributed by atoms with Crippen LogP contribution >= 0.6 is 11.3 Å². The summed E-state index contributed by atoms with van der Waals surface area (Å²) >= 11 is 1.10. The van der Waals surface area contributed by atoms with Crippen LogP contribution in [-0.4, -0.2) is 32.1 Å². The monoisotopic (exact) mass is 337 g/mol. The molecule has 2 N–H and O–H groups in total. The van der Waals surface area contributed by atoms with Crippen molar-refractivity contribution < 1.29 is 14.7 Å². The van der Waals surface area contributed by atoms with E-state index < -0.39 is 17.4 Å². The van der Waals surface area contributed by atoms with Crippen LogP contribution in [0.2, 0.25) is 0 Å². The van der Waals surface area contributed by atoms with Crippen molar-refractivity contribution in [3.05, 3.63) is 26.6 Å². The standard InChI is InChI=1S/C15H19N3O4S/c1-6-18-8(3)16-12-9(13(18)20)7(2)10(23-12)11(19)17-15(4,5)14(21)22/h6H2,1-5H3,(H,17,19)(H,21,22). The summed E-state index contributed by atoms with van der Waals surface area (Å²) in [7, 11) is 0. The Labute approximate surface area is 137 Å². The smallest absolute Gasteiger partial charge is 0.328 e. The van der Waals surface area contributed by atoms with E-state index in [1.807, 2.05) is 6.92 Å². The number of hydrogen-bond acceptors (Lipinski definition) is 5. The Balaban J connectivity index is 2.58. The zero-order valence-corrected chi connectivity index (χ0v) is 14.5. The molecule has 1 amide bonds. The van der Waals surface area contributed by atoms with E-state index in [1.54, 1.807) is 18.4 Å². The van der Waals surface area contributed by atoms with E-state index in [4.69, 9.17) is 5.11 Å². The third-order valence-electron chi connectivity index (χ3n) is 3.72. The highest BCUT2D eigenvalue weighted by Crippen LogP contribution is 2.27. The number of aliphatic carboxylic acids is 1. The molecule has 23 heavy (non-hydrogen) atoms. The van der Waals surface area contributed by atoms with E-state index in [0.717, 1.165) is 11.3 Å². The zero-order valence-electron chi connectivity index (χ0n) is 13.7. The zero-order chi connectivity index (χ0) is 17.5. The average Bonchev–Trinajstić information content (AvgIpc) is 2.75. The van der Waals surface area contributed by atoms with Crippen LogP contribution < -0.4 is 10.9 Å². The Morgan fingerprint density at radius 3 is 2.48 bits per heavy atom. The Morgan fingerprint density at radius 1 is 1.35 bits per heavy atom. The van der Waals surface area contributed by atoms with E-state index in [1.165, 1.54) is 13.8 Å². The highest BCUT2D eigenvalue weighted by atomic mass is 32.1. The first-order chi connectivity index (χ1) is 10.6. The van der Waals surface area contributed by atoms with Crippen LogP contribution in [0.5, 0.6) is 0 Å². The molecule has 2 rings (SSSR count). The summed E-state index contributed by atoms with van der Waals surface area (Å²) in [6, 6.07) is 0. The molecule has 0 aliphatic rings. The van der Waals surface area contributed by atoms with Gasteiger partial charge in [-0.2, -0.15) is 0 Å². The molecule has 2 heterocycles. The average molecular weight is 337 g/mol. The predicted octanol–water partition coefficient (Wildman–Crippen LogP) is 1.69. The maximum absolute atomic E-state index is 12.5. The molecule has 0 saturated carbocycles. The van der Waals surface area contributed by atoms with Crippen LogP contribution in [0.25, 0.3) is 10.2 Å². The number of carboxylic acids is 1. The van der Waals surface area contributed by atoms with Gasteiger partial charge in [-0.15, -0.1) is 11.3 Å². The Morgan fingerprint density at radius 2 is 1.96 bits per heavy atom. The van der Waals surface area contributed by atoms with Crippen LogP contribution in [0.1, 0.15) is 41.8 Å². The molecule has 0 radical (unpaired) electrons. The number of carbonyl (C=O) groups is 2. The summed E-state index contributed by atoms with van der Waals surface area (Å²) in [5.74, 6) is -1.06. The molecule has 2 aromatic rings. The van der Waals surface area contributed by atoms with Gasteiger partial charge in [-0.05, 0) is 40.2 Å². The summed E-state index contributed by atoms with van der Waals surface area (Å²) in [6.45, 7) is 8.58. The van der Waals surface area contributed by atoms with Gasteiger partial charge in [0.2, 0.25) is 0 Å². The number of thiophene rings is 1. The molecule has 0 bridgehead atoms. The van der Waals surface area contributed by atoms with Gasteiger partial charge < -0.3 is 10.4 Å². The van der Waals surface area contributed by atoms with E-state index >= 15 is 0 Å². The number of carboxylic acid groups (broad SMARTS) is 1. The van der Waals surface area contributed by atoms with E-state index in [0.29, 0.717) is 33.0 Å². The third kappa shape index (κ3) is 2.86. The molecule has 7 nitrogen and oxygen atoms in total. The summed E-state index contributed by atoms with van der Waals surface area (Å²) in [5, 5.41) is 12.0. The van der Waals surface area contributed by atoms with Gasteiger partial charge in [0.1, 0.15) is 16.2 Å². The first-order valence-electron chi connectivity index (χ1n) is 7.16. The maximum Gasteiger partial charge on any atom is 0.328 e. The van der Waals surface area contributed by atoms with Crippen molar-refractivity contribution in [3.8, 4) is 0 Å². The number of rotatable bonds is 4. The molecule has 124 valence electrons. The van der Waals surface area contributed by atoms with Gasteiger partial charge in [-0.1, -0.05) is 0 Å². The summed E-state index contributed by atoms with van der Waals surface area (Å²) in [4.78, 5) is 41.3. The molecule has 0 spiro atoms. The van der Waals surface area contributed by atoms with Crippen LogP contribution in [0.3, 0.4) is 0 Å². The molecule has 2 aromatic heterocycles. The fraction of sp³-hybridized carbons (Fsp3) is 0.467. The summed E-state index contributed by atoms with van der Waals surface area (Å²) < 4.78 is 1.55.